The maximum atomic E-state index is 12.8. The third kappa shape index (κ3) is 6.25. The van der Waals surface area contributed by atoms with Crippen LogP contribution in [-0.4, -0.2) is 67.5 Å². The lowest BCUT2D eigenvalue weighted by molar-refractivity contribution is -0.384. The number of hydrogen-bond acceptors (Lipinski definition) is 8. The zero-order valence-electron chi connectivity index (χ0n) is 20.7. The molecule has 3 aromatic carbocycles. The number of nitrogens with zero attached hydrogens (tertiary/aromatic N) is 3. The second-order valence-corrected chi connectivity index (χ2v) is 8.46. The van der Waals surface area contributed by atoms with Gasteiger partial charge in [0.05, 0.1) is 29.0 Å². The molecule has 1 saturated heterocycles. The van der Waals surface area contributed by atoms with Crippen LogP contribution >= 0.6 is 0 Å². The molecule has 0 aliphatic carbocycles. The maximum absolute atomic E-state index is 12.8. The summed E-state index contributed by atoms with van der Waals surface area (Å²) in [6.45, 7) is 1.68. The number of nitrogens with one attached hydrogen (secondary N) is 1. The average Bonchev–Trinajstić information content (AvgIpc) is 2.96. The van der Waals surface area contributed by atoms with E-state index in [2.05, 4.69) is 5.32 Å². The summed E-state index contributed by atoms with van der Waals surface area (Å²) in [7, 11) is 1.27. The van der Waals surface area contributed by atoms with Gasteiger partial charge in [-0.2, -0.15) is 0 Å². The van der Waals surface area contributed by atoms with Crippen molar-refractivity contribution in [3.05, 3.63) is 94.0 Å². The smallest absolute Gasteiger partial charge is 0.337 e. The molecule has 11 heteroatoms. The van der Waals surface area contributed by atoms with Crippen molar-refractivity contribution in [1.82, 2.24) is 4.90 Å². The maximum Gasteiger partial charge on any atom is 0.337 e. The van der Waals surface area contributed by atoms with Gasteiger partial charge in [0.25, 0.3) is 17.5 Å². The Hall–Kier alpha value is -4.93. The Labute approximate surface area is 218 Å². The van der Waals surface area contributed by atoms with Crippen molar-refractivity contribution in [2.45, 2.75) is 0 Å². The molecule has 1 N–H and O–H groups in total. The quantitative estimate of drug-likeness (QED) is 0.273. The van der Waals surface area contributed by atoms with Gasteiger partial charge >= 0.3 is 5.97 Å². The predicted octanol–water partition coefficient (Wildman–Crippen LogP) is 3.36. The van der Waals surface area contributed by atoms with E-state index in [9.17, 15) is 24.5 Å². The molecule has 2 amide bonds. The molecule has 4 rings (SSSR count). The van der Waals surface area contributed by atoms with Crippen LogP contribution in [0.2, 0.25) is 0 Å². The third-order valence-corrected chi connectivity index (χ3v) is 6.04. The summed E-state index contributed by atoms with van der Waals surface area (Å²) >= 11 is 0. The molecule has 1 aliphatic heterocycles. The third-order valence-electron chi connectivity index (χ3n) is 6.04. The molecular weight excluding hydrogens is 492 g/mol. The van der Waals surface area contributed by atoms with Gasteiger partial charge in [0, 0.05) is 43.9 Å². The number of methoxy groups -OCH3 is 1. The van der Waals surface area contributed by atoms with Crippen LogP contribution in [-0.2, 0) is 9.53 Å². The molecule has 196 valence electrons. The summed E-state index contributed by atoms with van der Waals surface area (Å²) < 4.78 is 10.3. The molecule has 0 aromatic heterocycles. The molecule has 3 aromatic rings. The van der Waals surface area contributed by atoms with Crippen molar-refractivity contribution in [2.24, 2.45) is 0 Å². The number of piperazine rings is 1. The zero-order chi connectivity index (χ0) is 27.1. The number of ether oxygens (including phenoxy) is 2. The van der Waals surface area contributed by atoms with Crippen LogP contribution in [0.3, 0.4) is 0 Å². The van der Waals surface area contributed by atoms with E-state index in [0.29, 0.717) is 48.9 Å². The summed E-state index contributed by atoms with van der Waals surface area (Å²) in [5.41, 5.74) is 1.89. The molecule has 0 radical (unpaired) electrons. The minimum atomic E-state index is -0.549. The van der Waals surface area contributed by atoms with Crippen LogP contribution in [0.5, 0.6) is 5.75 Å². The Morgan fingerprint density at radius 1 is 0.921 bits per heavy atom. The first-order chi connectivity index (χ1) is 18.4. The summed E-state index contributed by atoms with van der Waals surface area (Å²) in [6, 6.07) is 19.3. The van der Waals surface area contributed by atoms with Gasteiger partial charge in [-0.05, 0) is 42.5 Å². The Morgan fingerprint density at radius 2 is 1.61 bits per heavy atom. The molecule has 1 heterocycles. The van der Waals surface area contributed by atoms with Crippen LogP contribution < -0.4 is 15.0 Å². The lowest BCUT2D eigenvalue weighted by Crippen LogP contribution is -2.49. The Morgan fingerprint density at radius 3 is 2.24 bits per heavy atom. The number of nitro benzene ring substituents is 1. The number of benzene rings is 3. The lowest BCUT2D eigenvalue weighted by Gasteiger charge is -2.37. The second kappa shape index (κ2) is 11.9. The first-order valence-corrected chi connectivity index (χ1v) is 11.8. The van der Waals surface area contributed by atoms with E-state index >= 15 is 0 Å². The SMILES string of the molecule is COC(=O)c1ccc(N2CCN(C(=O)c3ccccc3)CC2)c(NC(=O)COc2ccc([N+](=O)[O-])cc2)c1. The molecule has 0 bridgehead atoms. The number of hydrogen-bond donors (Lipinski definition) is 1. The van der Waals surface area contributed by atoms with Crippen molar-refractivity contribution in [1.29, 1.82) is 0 Å². The van der Waals surface area contributed by atoms with E-state index in [1.54, 1.807) is 29.2 Å². The molecule has 38 heavy (non-hydrogen) atoms. The summed E-state index contributed by atoms with van der Waals surface area (Å²) in [6.07, 6.45) is 0. The van der Waals surface area contributed by atoms with E-state index in [1.165, 1.54) is 37.4 Å². The van der Waals surface area contributed by atoms with Gasteiger partial charge in [-0.25, -0.2) is 4.79 Å². The topological polar surface area (TPSA) is 131 Å². The second-order valence-electron chi connectivity index (χ2n) is 8.46. The van der Waals surface area contributed by atoms with Gasteiger partial charge in [0.2, 0.25) is 0 Å². The van der Waals surface area contributed by atoms with Gasteiger partial charge < -0.3 is 24.6 Å². The highest BCUT2D eigenvalue weighted by atomic mass is 16.6. The van der Waals surface area contributed by atoms with Gasteiger partial charge in [-0.15, -0.1) is 0 Å². The van der Waals surface area contributed by atoms with Gasteiger partial charge in [-0.3, -0.25) is 19.7 Å². The molecule has 0 atom stereocenters. The van der Waals surface area contributed by atoms with Crippen LogP contribution in [0.4, 0.5) is 17.1 Å². The number of anilines is 2. The monoisotopic (exact) mass is 518 g/mol. The first kappa shape index (κ1) is 26.1. The number of rotatable bonds is 8. The zero-order valence-corrected chi connectivity index (χ0v) is 20.7. The van der Waals surface area contributed by atoms with E-state index in [0.717, 1.165) is 0 Å². The van der Waals surface area contributed by atoms with Crippen molar-refractivity contribution >= 4 is 34.8 Å². The molecule has 0 spiro atoms. The highest BCUT2D eigenvalue weighted by Crippen LogP contribution is 2.29. The lowest BCUT2D eigenvalue weighted by atomic mass is 10.1. The van der Waals surface area contributed by atoms with E-state index in [1.807, 2.05) is 23.1 Å². The highest BCUT2D eigenvalue weighted by Gasteiger charge is 2.24. The number of carbonyl (C=O) groups excluding carboxylic acids is 3. The van der Waals surface area contributed by atoms with E-state index in [-0.39, 0.29) is 23.8 Å². The van der Waals surface area contributed by atoms with Crippen LogP contribution in [0, 0.1) is 10.1 Å². The minimum absolute atomic E-state index is 0.0387. The minimum Gasteiger partial charge on any atom is -0.484 e. The Balaban J connectivity index is 1.44. The van der Waals surface area contributed by atoms with Crippen LogP contribution in [0.15, 0.2) is 72.8 Å². The van der Waals surface area contributed by atoms with Gasteiger partial charge in [0.15, 0.2) is 6.61 Å². The predicted molar refractivity (Wildman–Crippen MR) is 140 cm³/mol. The fourth-order valence-electron chi connectivity index (χ4n) is 4.07. The number of carbonyl (C=O) groups is 3. The summed E-state index contributed by atoms with van der Waals surface area (Å²) in [5, 5.41) is 13.6. The number of non-ortho nitro benzene ring substituents is 1. The van der Waals surface area contributed by atoms with Crippen molar-refractivity contribution in [3.8, 4) is 5.75 Å². The fraction of sp³-hybridized carbons (Fsp3) is 0.222. The van der Waals surface area contributed by atoms with Crippen LogP contribution in [0.1, 0.15) is 20.7 Å². The number of nitro groups is 1. The molecule has 0 unspecified atom stereocenters. The Kier molecular flexibility index (Phi) is 8.17. The highest BCUT2D eigenvalue weighted by molar-refractivity contribution is 5.99. The van der Waals surface area contributed by atoms with Crippen LogP contribution in [0.25, 0.3) is 0 Å². The first-order valence-electron chi connectivity index (χ1n) is 11.8. The van der Waals surface area contributed by atoms with E-state index < -0.39 is 16.8 Å². The molecule has 11 nitrogen and oxygen atoms in total. The molecule has 1 aliphatic rings. The standard InChI is InChI=1S/C27H26N4O7/c1-37-27(34)20-7-12-24(29-13-15-30(16-14-29)26(33)19-5-3-2-4-6-19)23(17-20)28-25(32)18-38-22-10-8-21(9-11-22)31(35)36/h2-12,17H,13-16,18H2,1H3,(H,28,32). The van der Waals surface area contributed by atoms with Crippen molar-refractivity contribution < 1.29 is 28.8 Å². The largest absolute Gasteiger partial charge is 0.484 e. The number of amides is 2. The Bertz CT molecular complexity index is 1320. The summed E-state index contributed by atoms with van der Waals surface area (Å²) in [5.74, 6) is -0.770. The van der Waals surface area contributed by atoms with E-state index in [4.69, 9.17) is 9.47 Å². The van der Waals surface area contributed by atoms with Gasteiger partial charge in [0.1, 0.15) is 5.75 Å². The molecule has 1 fully saturated rings. The average molecular weight is 519 g/mol. The molecule has 0 saturated carbocycles. The van der Waals surface area contributed by atoms with Crippen molar-refractivity contribution in [2.75, 3.05) is 50.1 Å². The molecular formula is C27H26N4O7. The van der Waals surface area contributed by atoms with Crippen molar-refractivity contribution in [3.63, 3.8) is 0 Å². The number of esters is 1. The normalized spacial score (nSPS) is 13.0. The summed E-state index contributed by atoms with van der Waals surface area (Å²) in [4.78, 5) is 51.7. The van der Waals surface area contributed by atoms with Gasteiger partial charge in [-0.1, -0.05) is 18.2 Å². The fourth-order valence-corrected chi connectivity index (χ4v) is 4.07.